The Hall–Kier alpha value is -0.610. The SMILES string of the molecule is CC1CC(=O)OC2CC3(C)C4CCC5C(C)(C)C(O)CCC56CC46CC(O)C3(C)C12. The van der Waals surface area contributed by atoms with E-state index in [1.165, 1.54) is 19.3 Å². The van der Waals surface area contributed by atoms with Crippen LogP contribution in [0.3, 0.4) is 0 Å². The van der Waals surface area contributed by atoms with E-state index in [0.29, 0.717) is 23.7 Å². The van der Waals surface area contributed by atoms with Crippen LogP contribution in [0.5, 0.6) is 0 Å². The van der Waals surface area contributed by atoms with Gasteiger partial charge in [-0.25, -0.2) is 0 Å². The number of fused-ring (bicyclic) bond motifs is 4. The van der Waals surface area contributed by atoms with Gasteiger partial charge in [0.2, 0.25) is 0 Å². The molecule has 11 atom stereocenters. The molecular formula is C26H40O4. The average Bonchev–Trinajstić information content (AvgIpc) is 3.22. The molecule has 0 bridgehead atoms. The molecule has 6 fully saturated rings. The van der Waals surface area contributed by atoms with Gasteiger partial charge in [-0.2, -0.15) is 0 Å². The van der Waals surface area contributed by atoms with Crippen LogP contribution < -0.4 is 0 Å². The van der Waals surface area contributed by atoms with E-state index in [-0.39, 0.29) is 57.8 Å². The van der Waals surface area contributed by atoms with Gasteiger partial charge in [0.15, 0.2) is 0 Å². The van der Waals surface area contributed by atoms with Crippen LogP contribution in [-0.2, 0) is 9.53 Å². The number of hydrogen-bond acceptors (Lipinski definition) is 4. The highest BCUT2D eigenvalue weighted by Crippen LogP contribution is 2.89. The van der Waals surface area contributed by atoms with Crippen molar-refractivity contribution in [3.8, 4) is 0 Å². The zero-order valence-electron chi connectivity index (χ0n) is 19.4. The predicted molar refractivity (Wildman–Crippen MR) is 113 cm³/mol. The molecule has 0 aromatic rings. The van der Waals surface area contributed by atoms with Crippen LogP contribution in [0.2, 0.25) is 0 Å². The van der Waals surface area contributed by atoms with Gasteiger partial charge in [-0.1, -0.05) is 34.6 Å². The number of rotatable bonds is 0. The lowest BCUT2D eigenvalue weighted by Gasteiger charge is -2.64. The molecule has 0 aromatic heterocycles. The Morgan fingerprint density at radius 1 is 0.933 bits per heavy atom. The number of aliphatic hydroxyl groups is 2. The summed E-state index contributed by atoms with van der Waals surface area (Å²) < 4.78 is 5.95. The minimum absolute atomic E-state index is 0.00750. The molecule has 1 heterocycles. The monoisotopic (exact) mass is 416 g/mol. The molecule has 6 aliphatic rings. The summed E-state index contributed by atoms with van der Waals surface area (Å²) in [6, 6.07) is 0. The Kier molecular flexibility index (Phi) is 3.65. The largest absolute Gasteiger partial charge is 0.462 e. The van der Waals surface area contributed by atoms with Crippen LogP contribution in [0.15, 0.2) is 0 Å². The van der Waals surface area contributed by atoms with E-state index in [9.17, 15) is 15.0 Å². The smallest absolute Gasteiger partial charge is 0.306 e. The molecule has 2 N–H and O–H groups in total. The molecule has 168 valence electrons. The number of carbonyl (C=O) groups is 1. The second kappa shape index (κ2) is 5.47. The quantitative estimate of drug-likeness (QED) is 0.577. The van der Waals surface area contributed by atoms with Crippen molar-refractivity contribution in [2.24, 2.45) is 50.7 Å². The fraction of sp³-hybridized carbons (Fsp3) is 0.962. The standard InChI is InChI=1S/C26H40O4/c1-14-10-20(29)30-15-11-23(4)17-7-6-16-22(2,3)18(27)8-9-25(16)13-26(17,25)12-19(28)24(23,5)21(14)15/h14-19,21,27-28H,6-13H2,1-5H3. The Balaban J connectivity index is 1.43. The van der Waals surface area contributed by atoms with Crippen LogP contribution >= 0.6 is 0 Å². The molecule has 1 saturated heterocycles. The van der Waals surface area contributed by atoms with Gasteiger partial charge in [0, 0.05) is 17.8 Å². The van der Waals surface area contributed by atoms with Gasteiger partial charge in [0.25, 0.3) is 0 Å². The average molecular weight is 417 g/mol. The zero-order chi connectivity index (χ0) is 21.5. The molecule has 11 unspecified atom stereocenters. The maximum atomic E-state index is 12.2. The minimum Gasteiger partial charge on any atom is -0.462 e. The molecule has 30 heavy (non-hydrogen) atoms. The molecule has 2 spiro atoms. The third-order valence-electron chi connectivity index (χ3n) is 12.5. The van der Waals surface area contributed by atoms with E-state index in [0.717, 1.165) is 25.7 Å². The Morgan fingerprint density at radius 2 is 1.63 bits per heavy atom. The third-order valence-corrected chi connectivity index (χ3v) is 12.5. The topological polar surface area (TPSA) is 66.8 Å². The number of carbonyl (C=O) groups excluding carboxylic acids is 1. The summed E-state index contributed by atoms with van der Waals surface area (Å²) in [5.41, 5.74) is 0.316. The first-order valence-corrected chi connectivity index (χ1v) is 12.5. The fourth-order valence-corrected chi connectivity index (χ4v) is 11.2. The molecule has 5 aliphatic carbocycles. The van der Waals surface area contributed by atoms with Gasteiger partial charge < -0.3 is 14.9 Å². The molecule has 0 amide bonds. The number of ether oxygens (including phenoxy) is 1. The van der Waals surface area contributed by atoms with Crippen molar-refractivity contribution >= 4 is 5.97 Å². The van der Waals surface area contributed by atoms with Gasteiger partial charge in [0.1, 0.15) is 6.10 Å². The van der Waals surface area contributed by atoms with Crippen molar-refractivity contribution < 1.29 is 19.7 Å². The van der Waals surface area contributed by atoms with Gasteiger partial charge in [-0.15, -0.1) is 0 Å². The van der Waals surface area contributed by atoms with E-state index < -0.39 is 0 Å². The van der Waals surface area contributed by atoms with Crippen molar-refractivity contribution in [3.05, 3.63) is 0 Å². The van der Waals surface area contributed by atoms with Crippen LogP contribution in [0.25, 0.3) is 0 Å². The lowest BCUT2D eigenvalue weighted by Crippen LogP contribution is -2.62. The fourth-order valence-electron chi connectivity index (χ4n) is 11.2. The summed E-state index contributed by atoms with van der Waals surface area (Å²) in [6.45, 7) is 11.5. The maximum Gasteiger partial charge on any atom is 0.306 e. The summed E-state index contributed by atoms with van der Waals surface area (Å²) in [7, 11) is 0. The molecule has 4 heteroatoms. The normalized spacial score (nSPS) is 62.9. The molecule has 5 saturated carbocycles. The number of hydrogen-bond donors (Lipinski definition) is 2. The molecule has 0 aromatic carbocycles. The third kappa shape index (κ3) is 1.89. The Bertz CT molecular complexity index is 807. The van der Waals surface area contributed by atoms with Crippen molar-refractivity contribution in [1.82, 2.24) is 0 Å². The lowest BCUT2D eigenvalue weighted by molar-refractivity contribution is -0.209. The van der Waals surface area contributed by atoms with E-state index in [1.54, 1.807) is 0 Å². The maximum absolute atomic E-state index is 12.2. The van der Waals surface area contributed by atoms with Crippen molar-refractivity contribution in [2.45, 2.75) is 104 Å². The van der Waals surface area contributed by atoms with Gasteiger partial charge >= 0.3 is 5.97 Å². The van der Waals surface area contributed by atoms with Gasteiger partial charge in [-0.05, 0) is 84.4 Å². The van der Waals surface area contributed by atoms with E-state index in [1.807, 2.05) is 0 Å². The molecular weight excluding hydrogens is 376 g/mol. The van der Waals surface area contributed by atoms with Crippen LogP contribution in [-0.4, -0.2) is 34.5 Å². The first-order valence-electron chi connectivity index (χ1n) is 12.5. The van der Waals surface area contributed by atoms with Crippen molar-refractivity contribution in [2.75, 3.05) is 0 Å². The molecule has 0 radical (unpaired) electrons. The van der Waals surface area contributed by atoms with E-state index in [2.05, 4.69) is 34.6 Å². The van der Waals surface area contributed by atoms with Crippen LogP contribution in [0, 0.1) is 50.7 Å². The summed E-state index contributed by atoms with van der Waals surface area (Å²) in [5.74, 6) is 1.65. The molecule has 1 aliphatic heterocycles. The van der Waals surface area contributed by atoms with E-state index >= 15 is 0 Å². The minimum atomic E-state index is -0.332. The van der Waals surface area contributed by atoms with Crippen molar-refractivity contribution in [3.63, 3.8) is 0 Å². The van der Waals surface area contributed by atoms with Crippen LogP contribution in [0.1, 0.15) is 86.0 Å². The summed E-state index contributed by atoms with van der Waals surface area (Å²) in [6.07, 6.45) is 7.42. The zero-order valence-corrected chi connectivity index (χ0v) is 19.4. The second-order valence-corrected chi connectivity index (χ2v) is 13.4. The number of esters is 1. The Morgan fingerprint density at radius 3 is 2.37 bits per heavy atom. The predicted octanol–water partition coefficient (Wildman–Crippen LogP) is 4.32. The van der Waals surface area contributed by atoms with Gasteiger partial charge in [0.05, 0.1) is 12.2 Å². The summed E-state index contributed by atoms with van der Waals surface area (Å²) in [5, 5.41) is 22.6. The second-order valence-electron chi connectivity index (χ2n) is 13.4. The van der Waals surface area contributed by atoms with E-state index in [4.69, 9.17) is 4.74 Å². The first-order chi connectivity index (χ1) is 13.9. The molecule has 6 rings (SSSR count). The highest BCUT2D eigenvalue weighted by Gasteiger charge is 2.84. The molecule has 4 nitrogen and oxygen atoms in total. The van der Waals surface area contributed by atoms with Gasteiger partial charge in [-0.3, -0.25) is 4.79 Å². The first kappa shape index (κ1) is 20.0. The highest BCUT2D eigenvalue weighted by molar-refractivity contribution is 5.71. The van der Waals surface area contributed by atoms with Crippen LogP contribution in [0.4, 0.5) is 0 Å². The van der Waals surface area contributed by atoms with Crippen molar-refractivity contribution in [1.29, 1.82) is 0 Å². The summed E-state index contributed by atoms with van der Waals surface area (Å²) >= 11 is 0. The summed E-state index contributed by atoms with van der Waals surface area (Å²) in [4.78, 5) is 12.2. The number of aliphatic hydroxyl groups excluding tert-OH is 2. The highest BCUT2D eigenvalue weighted by atomic mass is 16.5. The lowest BCUT2D eigenvalue weighted by atomic mass is 9.41. The Labute approximate surface area is 181 Å².